The lowest BCUT2D eigenvalue weighted by molar-refractivity contribution is -0.305. The third-order valence-corrected chi connectivity index (χ3v) is 4.39. The molecule has 0 aromatic rings. The highest BCUT2D eigenvalue weighted by Crippen LogP contribution is 2.43. The summed E-state index contributed by atoms with van der Waals surface area (Å²) >= 11 is 1.41. The van der Waals surface area contributed by atoms with E-state index < -0.39 is 42.0 Å². The maximum absolute atomic E-state index is 12.4. The zero-order valence-electron chi connectivity index (χ0n) is 14.7. The molecule has 2 aliphatic rings. The molecule has 2 saturated heterocycles. The van der Waals surface area contributed by atoms with Crippen LogP contribution in [0.2, 0.25) is 0 Å². The van der Waals surface area contributed by atoms with Gasteiger partial charge in [-0.25, -0.2) is 4.79 Å². The molecule has 9 heteroatoms. The fraction of sp³-hybridized carbons (Fsp3) is 0.933. The predicted molar refractivity (Wildman–Crippen MR) is 87.5 cm³/mol. The van der Waals surface area contributed by atoms with Gasteiger partial charge in [-0.15, -0.1) is 11.8 Å². The van der Waals surface area contributed by atoms with Gasteiger partial charge in [0.2, 0.25) is 0 Å². The Labute approximate surface area is 146 Å². The summed E-state index contributed by atoms with van der Waals surface area (Å²) < 4.78 is 28.3. The summed E-state index contributed by atoms with van der Waals surface area (Å²) in [5.74, 6) is -2.86. The fourth-order valence-electron chi connectivity index (χ4n) is 3.12. The molecule has 8 nitrogen and oxygen atoms in total. The van der Waals surface area contributed by atoms with E-state index in [0.717, 1.165) is 0 Å². The van der Waals surface area contributed by atoms with Crippen LogP contribution < -0.4 is 5.32 Å². The Hall–Kier alpha value is -0.420. The minimum absolute atomic E-state index is 0.136. The Morgan fingerprint density at radius 3 is 2.71 bits per heavy atom. The molecule has 0 spiro atoms. The van der Waals surface area contributed by atoms with Crippen molar-refractivity contribution in [2.24, 2.45) is 0 Å². The molecule has 2 heterocycles. The van der Waals surface area contributed by atoms with Crippen LogP contribution in [0.25, 0.3) is 0 Å². The van der Waals surface area contributed by atoms with Crippen LogP contribution in [-0.2, 0) is 28.5 Å². The van der Waals surface area contributed by atoms with Crippen molar-refractivity contribution in [2.45, 2.75) is 56.3 Å². The second kappa shape index (κ2) is 7.86. The number of carbonyl (C=O) groups is 1. The summed E-state index contributed by atoms with van der Waals surface area (Å²) in [5, 5.41) is 13.4. The monoisotopic (exact) mass is 365 g/mol. The third-order valence-electron chi connectivity index (χ3n) is 4.04. The number of fused-ring (bicyclic) bond motifs is 1. The van der Waals surface area contributed by atoms with Crippen molar-refractivity contribution in [3.63, 3.8) is 0 Å². The van der Waals surface area contributed by atoms with Crippen LogP contribution >= 0.6 is 11.8 Å². The molecule has 0 bridgehead atoms. The van der Waals surface area contributed by atoms with Crippen LogP contribution in [0.15, 0.2) is 0 Å². The van der Waals surface area contributed by atoms with Crippen LogP contribution in [0.4, 0.5) is 0 Å². The van der Waals surface area contributed by atoms with E-state index in [9.17, 15) is 9.90 Å². The number of likely N-dealkylation sites (N-methyl/N-ethyl adjacent to an activating group) is 1. The van der Waals surface area contributed by atoms with Crippen molar-refractivity contribution < 1.29 is 33.6 Å². The lowest BCUT2D eigenvalue weighted by Gasteiger charge is -2.44. The number of nitrogens with one attached hydrogen (secondary N) is 1. The van der Waals surface area contributed by atoms with Gasteiger partial charge in [-0.05, 0) is 27.2 Å². The SMILES string of the molecule is CNC[C@@H](O)[C@H]1OC(OCSC)(C(=O)OC)C[C@H]2OC(C)(C)O[C@@H]12. The minimum Gasteiger partial charge on any atom is -0.465 e. The lowest BCUT2D eigenvalue weighted by Crippen LogP contribution is -2.62. The van der Waals surface area contributed by atoms with Crippen molar-refractivity contribution in [3.05, 3.63) is 0 Å². The Morgan fingerprint density at radius 2 is 2.12 bits per heavy atom. The highest BCUT2D eigenvalue weighted by molar-refractivity contribution is 7.98. The van der Waals surface area contributed by atoms with Crippen molar-refractivity contribution in [1.82, 2.24) is 5.32 Å². The van der Waals surface area contributed by atoms with E-state index in [2.05, 4.69) is 5.32 Å². The minimum atomic E-state index is -1.62. The van der Waals surface area contributed by atoms with Crippen LogP contribution in [0.5, 0.6) is 0 Å². The van der Waals surface area contributed by atoms with Gasteiger partial charge in [0.1, 0.15) is 12.2 Å². The molecule has 0 aromatic carbocycles. The smallest absolute Gasteiger partial charge is 0.366 e. The first-order valence-corrected chi connectivity index (χ1v) is 9.25. The van der Waals surface area contributed by atoms with E-state index in [-0.39, 0.29) is 18.9 Å². The summed E-state index contributed by atoms with van der Waals surface area (Å²) in [6.45, 7) is 3.85. The van der Waals surface area contributed by atoms with Gasteiger partial charge >= 0.3 is 5.97 Å². The molecule has 140 valence electrons. The van der Waals surface area contributed by atoms with E-state index >= 15 is 0 Å². The Balaban J connectivity index is 2.32. The van der Waals surface area contributed by atoms with Crippen molar-refractivity contribution in [2.75, 3.05) is 32.9 Å². The molecule has 0 amide bonds. The predicted octanol–water partition coefficient (Wildman–Crippen LogP) is 0.0821. The van der Waals surface area contributed by atoms with Crippen molar-refractivity contribution in [3.8, 4) is 0 Å². The van der Waals surface area contributed by atoms with Crippen LogP contribution in [0.1, 0.15) is 20.3 Å². The first-order valence-electron chi connectivity index (χ1n) is 7.86. The highest BCUT2D eigenvalue weighted by atomic mass is 32.2. The number of rotatable bonds is 7. The van der Waals surface area contributed by atoms with Gasteiger partial charge < -0.3 is 34.1 Å². The first-order chi connectivity index (χ1) is 11.3. The Morgan fingerprint density at radius 1 is 1.42 bits per heavy atom. The van der Waals surface area contributed by atoms with E-state index in [1.165, 1.54) is 18.9 Å². The number of thioether (sulfide) groups is 1. The van der Waals surface area contributed by atoms with Crippen molar-refractivity contribution >= 4 is 17.7 Å². The largest absolute Gasteiger partial charge is 0.465 e. The quantitative estimate of drug-likeness (QED) is 0.480. The lowest BCUT2D eigenvalue weighted by atomic mass is 9.92. The van der Waals surface area contributed by atoms with E-state index in [0.29, 0.717) is 0 Å². The topological polar surface area (TPSA) is 95.5 Å². The molecule has 1 unspecified atom stereocenters. The molecule has 24 heavy (non-hydrogen) atoms. The van der Waals surface area contributed by atoms with Gasteiger partial charge in [-0.3, -0.25) is 0 Å². The summed E-state index contributed by atoms with van der Waals surface area (Å²) in [6.07, 6.45) is -0.661. The average molecular weight is 365 g/mol. The number of esters is 1. The molecule has 0 radical (unpaired) electrons. The van der Waals surface area contributed by atoms with Gasteiger partial charge in [0.25, 0.3) is 5.79 Å². The molecule has 5 atom stereocenters. The summed E-state index contributed by atoms with van der Waals surface area (Å²) in [6, 6.07) is 0. The number of ether oxygens (including phenoxy) is 5. The maximum atomic E-state index is 12.4. The highest BCUT2D eigenvalue weighted by Gasteiger charge is 2.60. The zero-order chi connectivity index (χ0) is 18.0. The second-order valence-electron chi connectivity index (χ2n) is 6.35. The molecule has 0 saturated carbocycles. The van der Waals surface area contributed by atoms with Gasteiger partial charge in [-0.1, -0.05) is 0 Å². The van der Waals surface area contributed by atoms with Gasteiger partial charge in [0.05, 0.1) is 25.3 Å². The molecule has 2 aliphatic heterocycles. The number of carbonyl (C=O) groups excluding carboxylic acids is 1. The maximum Gasteiger partial charge on any atom is 0.366 e. The number of hydrogen-bond acceptors (Lipinski definition) is 9. The summed E-state index contributed by atoms with van der Waals surface area (Å²) in [7, 11) is 2.99. The van der Waals surface area contributed by atoms with Crippen LogP contribution in [0, 0.1) is 0 Å². The molecular weight excluding hydrogens is 338 g/mol. The molecule has 2 N–H and O–H groups in total. The normalized spacial score (nSPS) is 36.2. The number of methoxy groups -OCH3 is 1. The first kappa shape index (κ1) is 19.9. The van der Waals surface area contributed by atoms with Crippen LogP contribution in [0.3, 0.4) is 0 Å². The van der Waals surface area contributed by atoms with E-state index in [1.807, 2.05) is 6.26 Å². The standard InChI is InChI=1S/C15H27NO7S/c1-14(2)21-10-6-15(13(18)19-4,20-8-24-5)23-11(12(10)22-14)9(17)7-16-3/h9-12,16-17H,6-8H2,1-5H3/t9-,10-,11-,12-,15?/m1/s1. The zero-order valence-corrected chi connectivity index (χ0v) is 15.6. The van der Waals surface area contributed by atoms with E-state index in [1.54, 1.807) is 20.9 Å². The number of hydrogen-bond donors (Lipinski definition) is 2. The summed E-state index contributed by atoms with van der Waals surface area (Å²) in [5.41, 5.74) is 0. The molecule has 0 aliphatic carbocycles. The molecule has 2 fully saturated rings. The van der Waals surface area contributed by atoms with Crippen molar-refractivity contribution in [1.29, 1.82) is 0 Å². The average Bonchev–Trinajstić information content (AvgIpc) is 2.84. The molecule has 0 aromatic heterocycles. The summed E-state index contributed by atoms with van der Waals surface area (Å²) in [4.78, 5) is 12.4. The Bertz CT molecular complexity index is 450. The Kier molecular flexibility index (Phi) is 6.52. The number of aliphatic hydroxyl groups excluding tert-OH is 1. The molecule has 2 rings (SSSR count). The fourth-order valence-corrected chi connectivity index (χ4v) is 3.42. The second-order valence-corrected chi connectivity index (χ2v) is 7.16. The third kappa shape index (κ3) is 4.04. The van der Waals surface area contributed by atoms with Crippen LogP contribution in [-0.4, -0.2) is 80.0 Å². The van der Waals surface area contributed by atoms with Gasteiger partial charge in [-0.2, -0.15) is 0 Å². The van der Waals surface area contributed by atoms with E-state index in [4.69, 9.17) is 23.7 Å². The van der Waals surface area contributed by atoms with Gasteiger partial charge in [0.15, 0.2) is 5.79 Å². The van der Waals surface area contributed by atoms with Gasteiger partial charge in [0, 0.05) is 13.0 Å². The number of aliphatic hydroxyl groups is 1. The molecular formula is C15H27NO7S.